The van der Waals surface area contributed by atoms with Gasteiger partial charge in [-0.3, -0.25) is 4.79 Å². The average Bonchev–Trinajstić information content (AvgIpc) is 2.32. The molecule has 15 heavy (non-hydrogen) atoms. The lowest BCUT2D eigenvalue weighted by Crippen LogP contribution is -2.49. The van der Waals surface area contributed by atoms with E-state index in [-0.39, 0.29) is 6.61 Å². The quantitative estimate of drug-likeness (QED) is 0.590. The van der Waals surface area contributed by atoms with Gasteiger partial charge < -0.3 is 20.5 Å². The lowest BCUT2D eigenvalue weighted by Gasteiger charge is -2.21. The van der Waals surface area contributed by atoms with Gasteiger partial charge in [-0.15, -0.1) is 0 Å². The van der Waals surface area contributed by atoms with Gasteiger partial charge in [-0.25, -0.2) is 4.79 Å². The van der Waals surface area contributed by atoms with Crippen LogP contribution in [-0.2, 0) is 14.3 Å². The molecule has 86 valence electrons. The van der Waals surface area contributed by atoms with Crippen molar-refractivity contribution < 1.29 is 19.1 Å². The summed E-state index contributed by atoms with van der Waals surface area (Å²) in [7, 11) is 0. The molecule has 1 rings (SSSR count). The van der Waals surface area contributed by atoms with Gasteiger partial charge in [-0.2, -0.15) is 0 Å². The van der Waals surface area contributed by atoms with E-state index in [0.29, 0.717) is 0 Å². The topological polar surface area (TPSA) is 90.6 Å². The number of nitrogens with two attached hydrogens (primary N) is 1. The van der Waals surface area contributed by atoms with E-state index in [0.717, 1.165) is 0 Å². The van der Waals surface area contributed by atoms with Crippen LogP contribution in [0.5, 0.6) is 0 Å². The van der Waals surface area contributed by atoms with E-state index < -0.39 is 29.7 Å². The molecule has 1 saturated heterocycles. The van der Waals surface area contributed by atoms with Crippen LogP contribution in [0.2, 0.25) is 0 Å². The number of rotatable bonds is 1. The van der Waals surface area contributed by atoms with Crippen LogP contribution < -0.4 is 11.1 Å². The molecule has 0 spiro atoms. The number of esters is 1. The van der Waals surface area contributed by atoms with Crippen molar-refractivity contribution in [1.29, 1.82) is 0 Å². The summed E-state index contributed by atoms with van der Waals surface area (Å²) in [6.45, 7) is 5.35. The lowest BCUT2D eigenvalue weighted by atomic mass is 10.2. The molecular formula is C9H16N2O4. The number of nitrogens with one attached hydrogen (secondary N) is 1. The minimum absolute atomic E-state index is 0.0965. The maximum absolute atomic E-state index is 11.3. The lowest BCUT2D eigenvalue weighted by molar-refractivity contribution is -0.139. The largest absolute Gasteiger partial charge is 0.462 e. The number of hydrogen-bond donors (Lipinski definition) is 2. The van der Waals surface area contributed by atoms with Crippen LogP contribution >= 0.6 is 0 Å². The summed E-state index contributed by atoms with van der Waals surface area (Å²) in [5.41, 5.74) is 4.92. The molecule has 3 N–H and O–H groups in total. The van der Waals surface area contributed by atoms with E-state index in [4.69, 9.17) is 10.5 Å². The normalized spacial score (nSPS) is 26.0. The standard InChI is InChI=1S/C9H16N2O4/c1-9(2,3)15-8(13)11-5-4-14-7(12)6(5)10/h5-6H,4,10H2,1-3H3,(H,11,13)/t5-,6+/m1/s1. The molecule has 6 heteroatoms. The van der Waals surface area contributed by atoms with E-state index in [1.54, 1.807) is 20.8 Å². The Morgan fingerprint density at radius 1 is 1.60 bits per heavy atom. The first-order valence-electron chi connectivity index (χ1n) is 4.71. The monoisotopic (exact) mass is 216 g/mol. The van der Waals surface area contributed by atoms with Crippen molar-refractivity contribution in [3.8, 4) is 0 Å². The van der Waals surface area contributed by atoms with Gasteiger partial charge in [-0.05, 0) is 20.8 Å². The van der Waals surface area contributed by atoms with Crippen molar-refractivity contribution in [2.75, 3.05) is 6.61 Å². The Kier molecular flexibility index (Phi) is 3.18. The number of carbonyl (C=O) groups is 2. The highest BCUT2D eigenvalue weighted by atomic mass is 16.6. The maximum Gasteiger partial charge on any atom is 0.408 e. The van der Waals surface area contributed by atoms with Crippen molar-refractivity contribution in [2.24, 2.45) is 5.73 Å². The molecule has 0 aromatic heterocycles. The zero-order chi connectivity index (χ0) is 11.6. The minimum atomic E-state index is -0.808. The third-order valence-electron chi connectivity index (χ3n) is 1.81. The Balaban J connectivity index is 2.42. The molecule has 0 radical (unpaired) electrons. The summed E-state index contributed by atoms with van der Waals surface area (Å²) in [5, 5.41) is 2.48. The van der Waals surface area contributed by atoms with Crippen molar-refractivity contribution in [3.05, 3.63) is 0 Å². The van der Waals surface area contributed by atoms with Crippen LogP contribution in [0.25, 0.3) is 0 Å². The smallest absolute Gasteiger partial charge is 0.408 e. The van der Waals surface area contributed by atoms with Gasteiger partial charge in [0.2, 0.25) is 0 Å². The summed E-state index contributed by atoms with van der Waals surface area (Å²) in [6, 6.07) is -1.31. The molecule has 0 bridgehead atoms. The fourth-order valence-electron chi connectivity index (χ4n) is 1.13. The minimum Gasteiger partial charge on any atom is -0.462 e. The Morgan fingerprint density at radius 2 is 2.20 bits per heavy atom. The number of amides is 1. The Labute approximate surface area is 88.1 Å². The average molecular weight is 216 g/mol. The van der Waals surface area contributed by atoms with Gasteiger partial charge in [-0.1, -0.05) is 0 Å². The Hall–Kier alpha value is -1.30. The molecule has 0 saturated carbocycles. The Morgan fingerprint density at radius 3 is 2.60 bits per heavy atom. The number of alkyl carbamates (subject to hydrolysis) is 1. The van der Waals surface area contributed by atoms with E-state index in [1.165, 1.54) is 0 Å². The fourth-order valence-corrected chi connectivity index (χ4v) is 1.13. The fraction of sp³-hybridized carbons (Fsp3) is 0.778. The zero-order valence-electron chi connectivity index (χ0n) is 9.07. The zero-order valence-corrected chi connectivity index (χ0v) is 9.07. The van der Waals surface area contributed by atoms with E-state index >= 15 is 0 Å². The van der Waals surface area contributed by atoms with E-state index in [9.17, 15) is 9.59 Å². The number of ether oxygens (including phenoxy) is 2. The molecule has 0 unspecified atom stereocenters. The number of hydrogen-bond acceptors (Lipinski definition) is 5. The molecule has 0 aliphatic carbocycles. The SMILES string of the molecule is CC(C)(C)OC(=O)N[C@@H]1COC(=O)[C@H]1N. The van der Waals surface area contributed by atoms with Gasteiger partial charge in [0, 0.05) is 0 Å². The predicted octanol–water partition coefficient (Wildman–Crippen LogP) is -0.236. The molecule has 6 nitrogen and oxygen atoms in total. The van der Waals surface area contributed by atoms with Gasteiger partial charge in [0.05, 0.1) is 6.04 Å². The molecule has 2 atom stereocenters. The van der Waals surface area contributed by atoms with Gasteiger partial charge >= 0.3 is 12.1 Å². The molecule has 1 aliphatic rings. The summed E-state index contributed by atoms with van der Waals surface area (Å²) in [4.78, 5) is 22.2. The van der Waals surface area contributed by atoms with Gasteiger partial charge in [0.1, 0.15) is 18.2 Å². The first-order chi connectivity index (χ1) is 6.79. The molecule has 1 heterocycles. The van der Waals surface area contributed by atoms with Crippen LogP contribution in [0.4, 0.5) is 4.79 Å². The molecule has 1 fully saturated rings. The first kappa shape index (κ1) is 11.8. The third kappa shape index (κ3) is 3.39. The highest BCUT2D eigenvalue weighted by Gasteiger charge is 2.35. The third-order valence-corrected chi connectivity index (χ3v) is 1.81. The van der Waals surface area contributed by atoms with Crippen LogP contribution in [-0.4, -0.2) is 36.4 Å². The van der Waals surface area contributed by atoms with Crippen LogP contribution in [0.15, 0.2) is 0 Å². The van der Waals surface area contributed by atoms with Crippen molar-refractivity contribution in [1.82, 2.24) is 5.32 Å². The van der Waals surface area contributed by atoms with E-state index in [1.807, 2.05) is 0 Å². The molecule has 1 amide bonds. The molecule has 0 aromatic rings. The van der Waals surface area contributed by atoms with Gasteiger partial charge in [0.25, 0.3) is 0 Å². The predicted molar refractivity (Wildman–Crippen MR) is 52.1 cm³/mol. The number of cyclic esters (lactones) is 1. The van der Waals surface area contributed by atoms with Crippen molar-refractivity contribution in [3.63, 3.8) is 0 Å². The Bertz CT molecular complexity index is 272. The van der Waals surface area contributed by atoms with Crippen LogP contribution in [0.1, 0.15) is 20.8 Å². The molecule has 0 aromatic carbocycles. The molecule has 1 aliphatic heterocycles. The van der Waals surface area contributed by atoms with Crippen LogP contribution in [0.3, 0.4) is 0 Å². The second-order valence-corrected chi connectivity index (χ2v) is 4.41. The summed E-state index contributed by atoms with van der Waals surface area (Å²) < 4.78 is 9.69. The van der Waals surface area contributed by atoms with E-state index in [2.05, 4.69) is 10.1 Å². The maximum atomic E-state index is 11.3. The summed E-state index contributed by atoms with van der Waals surface area (Å²) >= 11 is 0. The summed E-state index contributed by atoms with van der Waals surface area (Å²) in [5.74, 6) is -0.504. The highest BCUT2D eigenvalue weighted by molar-refractivity contribution is 5.80. The second-order valence-electron chi connectivity index (χ2n) is 4.41. The number of carbonyl (C=O) groups excluding carboxylic acids is 2. The molecular weight excluding hydrogens is 200 g/mol. The van der Waals surface area contributed by atoms with Crippen molar-refractivity contribution >= 4 is 12.1 Å². The van der Waals surface area contributed by atoms with Crippen molar-refractivity contribution in [2.45, 2.75) is 38.5 Å². The highest BCUT2D eigenvalue weighted by Crippen LogP contribution is 2.09. The van der Waals surface area contributed by atoms with Crippen LogP contribution in [0, 0.1) is 0 Å². The first-order valence-corrected chi connectivity index (χ1v) is 4.71. The van der Waals surface area contributed by atoms with Gasteiger partial charge in [0.15, 0.2) is 0 Å². The second kappa shape index (κ2) is 4.06. The summed E-state index contributed by atoms with van der Waals surface area (Å²) in [6.07, 6.45) is -0.596.